The summed E-state index contributed by atoms with van der Waals surface area (Å²) in [7, 11) is 2.17. The second-order valence-corrected chi connectivity index (χ2v) is 4.71. The molecule has 1 aromatic rings. The number of rotatable bonds is 4. The van der Waals surface area contributed by atoms with Gasteiger partial charge in [-0.25, -0.2) is 9.97 Å². The lowest BCUT2D eigenvalue weighted by Gasteiger charge is -2.30. The number of hydrogen-bond donors (Lipinski definition) is 2. The summed E-state index contributed by atoms with van der Waals surface area (Å²) in [5, 5.41) is 6.78. The fourth-order valence-corrected chi connectivity index (χ4v) is 2.03. The van der Waals surface area contributed by atoms with E-state index < -0.39 is 0 Å². The molecule has 1 fully saturated rings. The Hall–Kier alpha value is -1.20. The van der Waals surface area contributed by atoms with Crippen LogP contribution < -0.4 is 10.6 Å². The van der Waals surface area contributed by atoms with Crippen LogP contribution in [0.4, 0.5) is 5.95 Å². The van der Waals surface area contributed by atoms with Gasteiger partial charge < -0.3 is 15.5 Å². The van der Waals surface area contributed by atoms with Crippen LogP contribution >= 0.6 is 0 Å². The molecule has 1 atom stereocenters. The molecule has 2 N–H and O–H groups in total. The smallest absolute Gasteiger partial charge is 0.222 e. The van der Waals surface area contributed by atoms with Crippen molar-refractivity contribution in [2.75, 3.05) is 38.5 Å². The Balaban J connectivity index is 1.70. The number of aromatic nitrogens is 2. The zero-order valence-corrected chi connectivity index (χ0v) is 10.6. The van der Waals surface area contributed by atoms with Crippen LogP contribution in [0.3, 0.4) is 0 Å². The highest BCUT2D eigenvalue weighted by Gasteiger charge is 2.15. The summed E-state index contributed by atoms with van der Waals surface area (Å²) in [4.78, 5) is 10.8. The fourth-order valence-electron chi connectivity index (χ4n) is 2.03. The number of aryl methyl sites for hydroxylation is 1. The molecular weight excluding hydrogens is 214 g/mol. The molecule has 0 saturated carbocycles. The first kappa shape index (κ1) is 12.3. The van der Waals surface area contributed by atoms with Crippen LogP contribution in [-0.4, -0.2) is 54.1 Å². The molecule has 0 aliphatic carbocycles. The monoisotopic (exact) mass is 235 g/mol. The summed E-state index contributed by atoms with van der Waals surface area (Å²) in [6.07, 6.45) is 4.77. The summed E-state index contributed by atoms with van der Waals surface area (Å²) < 4.78 is 0. The van der Waals surface area contributed by atoms with E-state index in [0.717, 1.165) is 44.1 Å². The average molecular weight is 235 g/mol. The summed E-state index contributed by atoms with van der Waals surface area (Å²) in [6.45, 7) is 6.25. The third-order valence-corrected chi connectivity index (χ3v) is 3.02. The first-order chi connectivity index (χ1) is 8.24. The van der Waals surface area contributed by atoms with Gasteiger partial charge in [-0.3, -0.25) is 0 Å². The highest BCUT2D eigenvalue weighted by atomic mass is 15.2. The van der Waals surface area contributed by atoms with Crippen molar-refractivity contribution >= 4 is 5.95 Å². The SMILES string of the molecule is Cc1cnc(NCCC2CN(C)CCN2)nc1. The summed E-state index contributed by atoms with van der Waals surface area (Å²) in [6, 6.07) is 0.576. The van der Waals surface area contributed by atoms with Gasteiger partial charge in [0, 0.05) is 44.6 Å². The highest BCUT2D eigenvalue weighted by molar-refractivity contribution is 5.23. The molecule has 1 saturated heterocycles. The second-order valence-electron chi connectivity index (χ2n) is 4.71. The number of likely N-dealkylation sites (N-methyl/N-ethyl adjacent to an activating group) is 1. The van der Waals surface area contributed by atoms with E-state index in [1.54, 1.807) is 0 Å². The van der Waals surface area contributed by atoms with E-state index in [1.165, 1.54) is 0 Å². The van der Waals surface area contributed by atoms with Crippen molar-refractivity contribution in [2.45, 2.75) is 19.4 Å². The van der Waals surface area contributed by atoms with E-state index in [-0.39, 0.29) is 0 Å². The molecule has 0 bridgehead atoms. The summed E-state index contributed by atoms with van der Waals surface area (Å²) in [5.74, 6) is 0.722. The van der Waals surface area contributed by atoms with Crippen molar-refractivity contribution in [1.29, 1.82) is 0 Å². The van der Waals surface area contributed by atoms with Crippen LogP contribution in [0, 0.1) is 6.92 Å². The standard InChI is InChI=1S/C12H21N5/c1-10-7-15-12(16-8-10)14-4-3-11-9-17(2)6-5-13-11/h7-8,11,13H,3-6,9H2,1-2H3,(H,14,15,16). The molecule has 0 amide bonds. The quantitative estimate of drug-likeness (QED) is 0.795. The number of piperazine rings is 1. The van der Waals surface area contributed by atoms with Crippen LogP contribution in [-0.2, 0) is 0 Å². The fraction of sp³-hybridized carbons (Fsp3) is 0.667. The average Bonchev–Trinajstić information content (AvgIpc) is 2.32. The van der Waals surface area contributed by atoms with E-state index in [2.05, 4.69) is 32.5 Å². The van der Waals surface area contributed by atoms with Gasteiger partial charge in [-0.05, 0) is 26.0 Å². The molecule has 2 heterocycles. The lowest BCUT2D eigenvalue weighted by molar-refractivity contribution is 0.234. The molecule has 1 unspecified atom stereocenters. The van der Waals surface area contributed by atoms with Gasteiger partial charge in [0.1, 0.15) is 0 Å². The number of hydrogen-bond acceptors (Lipinski definition) is 5. The largest absolute Gasteiger partial charge is 0.354 e. The first-order valence-corrected chi connectivity index (χ1v) is 6.18. The van der Waals surface area contributed by atoms with Gasteiger partial charge in [-0.2, -0.15) is 0 Å². The number of anilines is 1. The molecule has 1 aliphatic rings. The number of nitrogens with one attached hydrogen (secondary N) is 2. The van der Waals surface area contributed by atoms with Gasteiger partial charge >= 0.3 is 0 Å². The lowest BCUT2D eigenvalue weighted by Crippen LogP contribution is -2.49. The molecule has 5 heteroatoms. The van der Waals surface area contributed by atoms with Crippen LogP contribution in [0.25, 0.3) is 0 Å². The van der Waals surface area contributed by atoms with Crippen LogP contribution in [0.15, 0.2) is 12.4 Å². The normalized spacial score (nSPS) is 21.4. The van der Waals surface area contributed by atoms with Gasteiger partial charge in [0.05, 0.1) is 0 Å². The molecule has 94 valence electrons. The van der Waals surface area contributed by atoms with E-state index in [9.17, 15) is 0 Å². The van der Waals surface area contributed by atoms with Gasteiger partial charge in [0.15, 0.2) is 0 Å². The molecular formula is C12H21N5. The maximum absolute atomic E-state index is 4.22. The van der Waals surface area contributed by atoms with Crippen LogP contribution in [0.5, 0.6) is 0 Å². The third-order valence-electron chi connectivity index (χ3n) is 3.02. The minimum Gasteiger partial charge on any atom is -0.354 e. The van der Waals surface area contributed by atoms with Crippen molar-refractivity contribution in [1.82, 2.24) is 20.2 Å². The van der Waals surface area contributed by atoms with Gasteiger partial charge in [-0.15, -0.1) is 0 Å². The van der Waals surface area contributed by atoms with Crippen molar-refractivity contribution < 1.29 is 0 Å². The molecule has 2 rings (SSSR count). The molecule has 5 nitrogen and oxygen atoms in total. The second kappa shape index (κ2) is 5.93. The van der Waals surface area contributed by atoms with Crippen molar-refractivity contribution in [3.05, 3.63) is 18.0 Å². The maximum atomic E-state index is 4.22. The lowest BCUT2D eigenvalue weighted by atomic mass is 10.1. The zero-order chi connectivity index (χ0) is 12.1. The van der Waals surface area contributed by atoms with Crippen molar-refractivity contribution in [3.63, 3.8) is 0 Å². The Kier molecular flexibility index (Phi) is 4.28. The maximum Gasteiger partial charge on any atom is 0.222 e. The third kappa shape index (κ3) is 3.94. The van der Waals surface area contributed by atoms with Gasteiger partial charge in [-0.1, -0.05) is 0 Å². The molecule has 0 radical (unpaired) electrons. The Morgan fingerprint density at radius 1 is 1.47 bits per heavy atom. The van der Waals surface area contributed by atoms with E-state index in [4.69, 9.17) is 0 Å². The van der Waals surface area contributed by atoms with E-state index in [0.29, 0.717) is 6.04 Å². The van der Waals surface area contributed by atoms with Crippen LogP contribution in [0.2, 0.25) is 0 Å². The topological polar surface area (TPSA) is 53.1 Å². The van der Waals surface area contributed by atoms with E-state index >= 15 is 0 Å². The first-order valence-electron chi connectivity index (χ1n) is 6.18. The predicted octanol–water partition coefficient (Wildman–Crippen LogP) is 0.491. The molecule has 17 heavy (non-hydrogen) atoms. The highest BCUT2D eigenvalue weighted by Crippen LogP contribution is 2.02. The predicted molar refractivity (Wildman–Crippen MR) is 69.2 cm³/mol. The minimum atomic E-state index is 0.576. The Bertz CT molecular complexity index is 337. The minimum absolute atomic E-state index is 0.576. The van der Waals surface area contributed by atoms with Crippen molar-refractivity contribution in [3.8, 4) is 0 Å². The van der Waals surface area contributed by atoms with Gasteiger partial charge in [0.25, 0.3) is 0 Å². The van der Waals surface area contributed by atoms with E-state index in [1.807, 2.05) is 19.3 Å². The Labute approximate surface area is 103 Å². The molecule has 1 aromatic heterocycles. The van der Waals surface area contributed by atoms with Crippen molar-refractivity contribution in [2.24, 2.45) is 0 Å². The number of nitrogens with zero attached hydrogens (tertiary/aromatic N) is 3. The summed E-state index contributed by atoms with van der Waals surface area (Å²) in [5.41, 5.74) is 1.09. The molecule has 1 aliphatic heterocycles. The van der Waals surface area contributed by atoms with Crippen LogP contribution in [0.1, 0.15) is 12.0 Å². The molecule has 0 aromatic carbocycles. The van der Waals surface area contributed by atoms with Gasteiger partial charge in [0.2, 0.25) is 5.95 Å². The molecule has 0 spiro atoms. The Morgan fingerprint density at radius 2 is 2.24 bits per heavy atom. The summed E-state index contributed by atoms with van der Waals surface area (Å²) >= 11 is 0. The Morgan fingerprint density at radius 3 is 2.94 bits per heavy atom. The zero-order valence-electron chi connectivity index (χ0n) is 10.6.